The zero-order chi connectivity index (χ0) is 16.0. The summed E-state index contributed by atoms with van der Waals surface area (Å²) >= 11 is 0. The van der Waals surface area contributed by atoms with Gasteiger partial charge < -0.3 is 10.1 Å². The Morgan fingerprint density at radius 1 is 1.17 bits per heavy atom. The van der Waals surface area contributed by atoms with Crippen LogP contribution in [-0.2, 0) is 10.6 Å². The van der Waals surface area contributed by atoms with E-state index in [1.54, 1.807) is 7.11 Å². The number of aromatic nitrogens is 2. The van der Waals surface area contributed by atoms with Gasteiger partial charge in [-0.25, -0.2) is 4.98 Å². The number of rotatable bonds is 2. The van der Waals surface area contributed by atoms with Gasteiger partial charge in [0, 0.05) is 18.9 Å². The van der Waals surface area contributed by atoms with Gasteiger partial charge in [-0.3, -0.25) is 10.3 Å². The highest BCUT2D eigenvalue weighted by atomic mass is 16.5. The van der Waals surface area contributed by atoms with Crippen LogP contribution in [0.5, 0.6) is 0 Å². The zero-order valence-electron chi connectivity index (χ0n) is 13.1. The molecule has 1 aliphatic heterocycles. The van der Waals surface area contributed by atoms with Crippen LogP contribution in [-0.4, -0.2) is 16.7 Å². The van der Waals surface area contributed by atoms with Gasteiger partial charge in [0.15, 0.2) is 5.82 Å². The van der Waals surface area contributed by atoms with E-state index >= 15 is 0 Å². The first kappa shape index (κ1) is 14.0. The van der Waals surface area contributed by atoms with Crippen molar-refractivity contribution in [2.75, 3.05) is 12.4 Å². The third kappa shape index (κ3) is 2.13. The van der Waals surface area contributed by atoms with Crippen LogP contribution < -0.4 is 11.1 Å². The zero-order valence-corrected chi connectivity index (χ0v) is 13.1. The molecule has 116 valence electrons. The number of imidazole rings is 1. The molecule has 0 saturated heterocycles. The lowest BCUT2D eigenvalue weighted by Crippen LogP contribution is -2.50. The van der Waals surface area contributed by atoms with E-state index < -0.39 is 5.85 Å². The molecule has 23 heavy (non-hydrogen) atoms. The van der Waals surface area contributed by atoms with Gasteiger partial charge in [0.05, 0.1) is 17.1 Å². The van der Waals surface area contributed by atoms with E-state index in [1.807, 2.05) is 47.2 Å². The first-order chi connectivity index (χ1) is 11.1. The maximum atomic E-state index is 6.39. The predicted molar refractivity (Wildman–Crippen MR) is 90.2 cm³/mol. The minimum absolute atomic E-state index is 0.634. The third-order valence-electron chi connectivity index (χ3n) is 4.16. The number of nitrogens with two attached hydrogens (primary N) is 1. The lowest BCUT2D eigenvalue weighted by atomic mass is 10.1. The van der Waals surface area contributed by atoms with E-state index in [0.29, 0.717) is 5.82 Å². The van der Waals surface area contributed by atoms with E-state index in [9.17, 15) is 0 Å². The van der Waals surface area contributed by atoms with Gasteiger partial charge >= 0.3 is 0 Å². The summed E-state index contributed by atoms with van der Waals surface area (Å²) in [4.78, 5) is 4.74. The molecule has 1 atom stereocenters. The number of para-hydroxylation sites is 2. The van der Waals surface area contributed by atoms with Crippen LogP contribution in [0.2, 0.25) is 0 Å². The Balaban J connectivity index is 1.94. The van der Waals surface area contributed by atoms with Gasteiger partial charge in [-0.1, -0.05) is 35.9 Å². The second-order valence-corrected chi connectivity index (χ2v) is 5.77. The summed E-state index contributed by atoms with van der Waals surface area (Å²) in [5, 5.41) is 3.23. The fraction of sp³-hybridized carbons (Fsp3) is 0.167. The molecule has 1 aromatic heterocycles. The summed E-state index contributed by atoms with van der Waals surface area (Å²) in [5.74, 6) is -0.522. The molecule has 0 saturated carbocycles. The molecule has 5 heteroatoms. The van der Waals surface area contributed by atoms with E-state index in [0.717, 1.165) is 22.6 Å². The number of ether oxygens (including phenoxy) is 1. The average Bonchev–Trinajstić information content (AvgIpc) is 3.02. The topological polar surface area (TPSA) is 65.1 Å². The molecule has 2 heterocycles. The number of nitrogens with one attached hydrogen (secondary N) is 1. The number of anilines is 1. The number of fused-ring (bicyclic) bond motifs is 3. The smallest absolute Gasteiger partial charge is 0.254 e. The average molecular weight is 306 g/mol. The highest BCUT2D eigenvalue weighted by Gasteiger charge is 2.38. The monoisotopic (exact) mass is 306 g/mol. The van der Waals surface area contributed by atoms with Crippen molar-refractivity contribution in [3.8, 4) is 16.9 Å². The minimum atomic E-state index is -1.16. The fourth-order valence-electron chi connectivity index (χ4n) is 2.96. The Bertz CT molecular complexity index is 886. The van der Waals surface area contributed by atoms with Crippen molar-refractivity contribution < 1.29 is 4.74 Å². The van der Waals surface area contributed by atoms with Crippen LogP contribution in [0.15, 0.2) is 54.7 Å². The van der Waals surface area contributed by atoms with Crippen molar-refractivity contribution in [3.05, 3.63) is 66.1 Å². The third-order valence-corrected chi connectivity index (χ3v) is 4.16. The minimum Gasteiger partial charge on any atom is -0.340 e. The Hall–Kier alpha value is -2.63. The van der Waals surface area contributed by atoms with Gasteiger partial charge in [-0.15, -0.1) is 0 Å². The number of nitrogens with zero attached hydrogens (tertiary/aromatic N) is 2. The summed E-state index contributed by atoms with van der Waals surface area (Å²) < 4.78 is 7.51. The van der Waals surface area contributed by atoms with E-state index in [1.165, 1.54) is 5.56 Å². The normalized spacial score (nSPS) is 18.9. The van der Waals surface area contributed by atoms with E-state index in [2.05, 4.69) is 24.4 Å². The Morgan fingerprint density at radius 2 is 2.00 bits per heavy atom. The lowest BCUT2D eigenvalue weighted by molar-refractivity contribution is 0.00569. The van der Waals surface area contributed by atoms with Crippen molar-refractivity contribution in [3.63, 3.8) is 0 Å². The van der Waals surface area contributed by atoms with Gasteiger partial charge in [-0.05, 0) is 25.1 Å². The highest BCUT2D eigenvalue weighted by Crippen LogP contribution is 2.36. The molecule has 1 unspecified atom stereocenters. The Morgan fingerprint density at radius 3 is 2.78 bits per heavy atom. The van der Waals surface area contributed by atoms with Crippen molar-refractivity contribution in [2.24, 2.45) is 5.73 Å². The number of methoxy groups -OCH3 is 1. The van der Waals surface area contributed by atoms with Gasteiger partial charge in [0.1, 0.15) is 0 Å². The van der Waals surface area contributed by atoms with E-state index in [-0.39, 0.29) is 0 Å². The molecule has 0 amide bonds. The highest BCUT2D eigenvalue weighted by molar-refractivity contribution is 5.68. The number of hydrogen-bond donors (Lipinski definition) is 2. The molecule has 3 aromatic rings. The lowest BCUT2D eigenvalue weighted by Gasteiger charge is -2.34. The number of hydrogen-bond acceptors (Lipinski definition) is 4. The number of aryl methyl sites for hydroxylation is 1. The summed E-state index contributed by atoms with van der Waals surface area (Å²) in [6.45, 7) is 2.07. The maximum Gasteiger partial charge on any atom is 0.254 e. The van der Waals surface area contributed by atoms with Crippen LogP contribution in [0, 0.1) is 6.92 Å². The summed E-state index contributed by atoms with van der Waals surface area (Å²) in [6.07, 6.45) is 2.00. The van der Waals surface area contributed by atoms with Crippen molar-refractivity contribution in [1.29, 1.82) is 0 Å². The molecule has 5 nitrogen and oxygen atoms in total. The van der Waals surface area contributed by atoms with Gasteiger partial charge in [0.2, 0.25) is 0 Å². The number of benzene rings is 2. The molecule has 0 spiro atoms. The van der Waals surface area contributed by atoms with Crippen molar-refractivity contribution in [2.45, 2.75) is 12.8 Å². The Kier molecular flexibility index (Phi) is 3.01. The van der Waals surface area contributed by atoms with Gasteiger partial charge in [-0.2, -0.15) is 0 Å². The fourth-order valence-corrected chi connectivity index (χ4v) is 2.96. The maximum absolute atomic E-state index is 6.39. The molecule has 0 aliphatic carbocycles. The van der Waals surface area contributed by atoms with E-state index in [4.69, 9.17) is 15.5 Å². The molecule has 3 N–H and O–H groups in total. The molecule has 0 bridgehead atoms. The van der Waals surface area contributed by atoms with Crippen LogP contribution in [0.3, 0.4) is 0 Å². The van der Waals surface area contributed by atoms with Crippen molar-refractivity contribution >= 4 is 5.69 Å². The first-order valence-corrected chi connectivity index (χ1v) is 7.49. The Labute approximate surface area is 134 Å². The molecular weight excluding hydrogens is 288 g/mol. The quantitative estimate of drug-likeness (QED) is 0.714. The van der Waals surface area contributed by atoms with Crippen molar-refractivity contribution in [1.82, 2.24) is 9.55 Å². The second-order valence-electron chi connectivity index (χ2n) is 5.77. The SMILES string of the molecule is COC1(N)Nc2ccccc2-n2cc(-c3cccc(C)c3)nc21. The summed E-state index contributed by atoms with van der Waals surface area (Å²) in [6, 6.07) is 16.2. The summed E-state index contributed by atoms with van der Waals surface area (Å²) in [5.41, 5.74) is 11.4. The molecule has 0 fully saturated rings. The van der Waals surface area contributed by atoms with Crippen LogP contribution in [0.4, 0.5) is 5.69 Å². The standard InChI is InChI=1S/C18H18N4O/c1-12-6-5-7-13(10-12)15-11-22-16-9-4-3-8-14(16)21-18(19,23-2)17(22)20-15/h3-11,21H,19H2,1-2H3. The van der Waals surface area contributed by atoms with Crippen LogP contribution >= 0.6 is 0 Å². The molecule has 1 aliphatic rings. The second kappa shape index (κ2) is 4.94. The molecule has 0 radical (unpaired) electrons. The predicted octanol–water partition coefficient (Wildman–Crippen LogP) is 2.99. The van der Waals surface area contributed by atoms with Crippen LogP contribution in [0.25, 0.3) is 16.9 Å². The molecular formula is C18H18N4O. The molecule has 4 rings (SSSR count). The van der Waals surface area contributed by atoms with Gasteiger partial charge in [0.25, 0.3) is 5.85 Å². The molecule has 2 aromatic carbocycles. The first-order valence-electron chi connectivity index (χ1n) is 7.49. The van der Waals surface area contributed by atoms with Crippen LogP contribution in [0.1, 0.15) is 11.4 Å². The summed E-state index contributed by atoms with van der Waals surface area (Å²) in [7, 11) is 1.58. The largest absolute Gasteiger partial charge is 0.340 e.